The number of carbonyl (C=O) groups is 1. The van der Waals surface area contributed by atoms with Crippen molar-refractivity contribution in [2.45, 2.75) is 18.4 Å². The average molecular weight is 391 g/mol. The average Bonchev–Trinajstić information content (AvgIpc) is 3.07. The molecule has 1 aliphatic rings. The van der Waals surface area contributed by atoms with E-state index in [-0.39, 0.29) is 31.4 Å². The molecule has 0 aliphatic heterocycles. The monoisotopic (exact) mass is 391 g/mol. The number of benzene rings is 3. The van der Waals surface area contributed by atoms with Crippen LogP contribution in [0.1, 0.15) is 22.6 Å². The Labute approximate surface area is 169 Å². The summed E-state index contributed by atoms with van der Waals surface area (Å²) in [6.07, 6.45) is -0.435. The van der Waals surface area contributed by atoms with Crippen molar-refractivity contribution < 1.29 is 19.0 Å². The molecule has 0 fully saturated rings. The number of alkyl carbamates (subject to hydrolysis) is 1. The normalized spacial score (nSPS) is 13.4. The van der Waals surface area contributed by atoms with Crippen LogP contribution in [-0.2, 0) is 11.2 Å². The van der Waals surface area contributed by atoms with Crippen LogP contribution in [0.25, 0.3) is 11.1 Å². The summed E-state index contributed by atoms with van der Waals surface area (Å²) >= 11 is 0. The number of halogens is 1. The minimum Gasteiger partial charge on any atom is -0.449 e. The Bertz CT molecular complexity index is 975. The predicted octanol–water partition coefficient (Wildman–Crippen LogP) is 4.27. The van der Waals surface area contributed by atoms with Gasteiger partial charge in [0.05, 0.1) is 12.6 Å². The molecule has 0 spiro atoms. The van der Waals surface area contributed by atoms with E-state index in [9.17, 15) is 14.3 Å². The quantitative estimate of drug-likeness (QED) is 0.660. The summed E-state index contributed by atoms with van der Waals surface area (Å²) in [6, 6.07) is 21.9. The Balaban J connectivity index is 1.41. The summed E-state index contributed by atoms with van der Waals surface area (Å²) in [4.78, 5) is 12.3. The number of hydrogen-bond acceptors (Lipinski definition) is 3. The van der Waals surface area contributed by atoms with Gasteiger partial charge in [-0.3, -0.25) is 0 Å². The molecule has 0 saturated heterocycles. The van der Waals surface area contributed by atoms with Gasteiger partial charge in [-0.05, 0) is 40.3 Å². The molecule has 1 aliphatic carbocycles. The first kappa shape index (κ1) is 19.2. The maximum Gasteiger partial charge on any atom is 0.407 e. The lowest BCUT2D eigenvalue weighted by atomic mass is 9.98. The molecule has 0 radical (unpaired) electrons. The van der Waals surface area contributed by atoms with Crippen LogP contribution >= 0.6 is 0 Å². The minimum absolute atomic E-state index is 0.0349. The number of nitrogens with one attached hydrogen (secondary N) is 1. The number of fused-ring (bicyclic) bond motifs is 3. The van der Waals surface area contributed by atoms with Crippen molar-refractivity contribution in [3.63, 3.8) is 0 Å². The Morgan fingerprint density at radius 1 is 0.966 bits per heavy atom. The van der Waals surface area contributed by atoms with E-state index in [0.29, 0.717) is 5.56 Å². The van der Waals surface area contributed by atoms with Crippen molar-refractivity contribution in [1.29, 1.82) is 0 Å². The van der Waals surface area contributed by atoms with Crippen LogP contribution in [0.4, 0.5) is 9.18 Å². The van der Waals surface area contributed by atoms with Crippen molar-refractivity contribution in [3.05, 3.63) is 95.3 Å². The molecule has 3 aromatic rings. The number of amides is 1. The van der Waals surface area contributed by atoms with E-state index in [1.165, 1.54) is 6.07 Å². The summed E-state index contributed by atoms with van der Waals surface area (Å²) in [7, 11) is 0. The van der Waals surface area contributed by atoms with Crippen molar-refractivity contribution in [2.24, 2.45) is 0 Å². The Hall–Kier alpha value is -3.18. The van der Waals surface area contributed by atoms with Gasteiger partial charge in [-0.1, -0.05) is 66.7 Å². The zero-order chi connectivity index (χ0) is 20.2. The first-order chi connectivity index (χ1) is 14.2. The van der Waals surface area contributed by atoms with E-state index in [2.05, 4.69) is 29.6 Å². The van der Waals surface area contributed by atoms with E-state index < -0.39 is 12.1 Å². The third-order valence-corrected chi connectivity index (χ3v) is 5.31. The molecule has 1 amide bonds. The zero-order valence-electron chi connectivity index (χ0n) is 15.8. The van der Waals surface area contributed by atoms with Crippen molar-refractivity contribution in [3.8, 4) is 11.1 Å². The molecule has 2 N–H and O–H groups in total. The van der Waals surface area contributed by atoms with Gasteiger partial charge in [-0.25, -0.2) is 9.18 Å². The number of carbonyl (C=O) groups excluding carboxylic acids is 1. The van der Waals surface area contributed by atoms with E-state index in [1.807, 2.05) is 24.3 Å². The largest absolute Gasteiger partial charge is 0.449 e. The SMILES string of the molecule is O=C(N[C@H](CO)Cc1ccccc1F)OCC1c2ccccc2-c2ccccc21. The van der Waals surface area contributed by atoms with E-state index in [0.717, 1.165) is 22.3 Å². The Morgan fingerprint density at radius 3 is 2.17 bits per heavy atom. The molecule has 4 rings (SSSR count). The smallest absolute Gasteiger partial charge is 0.407 e. The van der Waals surface area contributed by atoms with Gasteiger partial charge >= 0.3 is 6.09 Å². The van der Waals surface area contributed by atoms with Crippen LogP contribution in [0, 0.1) is 5.82 Å². The van der Waals surface area contributed by atoms with Crippen LogP contribution in [0.3, 0.4) is 0 Å². The molecule has 1 atom stereocenters. The highest BCUT2D eigenvalue weighted by atomic mass is 19.1. The van der Waals surface area contributed by atoms with Gasteiger partial charge in [0, 0.05) is 5.92 Å². The summed E-state index contributed by atoms with van der Waals surface area (Å²) in [5.41, 5.74) is 5.01. The second-order valence-electron chi connectivity index (χ2n) is 7.14. The van der Waals surface area contributed by atoms with Crippen molar-refractivity contribution in [1.82, 2.24) is 5.32 Å². The van der Waals surface area contributed by atoms with Crippen LogP contribution in [0.15, 0.2) is 72.8 Å². The lowest BCUT2D eigenvalue weighted by Crippen LogP contribution is -2.40. The number of aliphatic hydroxyl groups excluding tert-OH is 1. The number of hydrogen-bond donors (Lipinski definition) is 2. The molecule has 0 saturated carbocycles. The van der Waals surface area contributed by atoms with Gasteiger partial charge in [0.2, 0.25) is 0 Å². The first-order valence-corrected chi connectivity index (χ1v) is 9.63. The van der Waals surface area contributed by atoms with E-state index >= 15 is 0 Å². The van der Waals surface area contributed by atoms with Gasteiger partial charge in [-0.15, -0.1) is 0 Å². The molecule has 0 unspecified atom stereocenters. The maximum absolute atomic E-state index is 13.8. The third-order valence-electron chi connectivity index (χ3n) is 5.31. The predicted molar refractivity (Wildman–Crippen MR) is 109 cm³/mol. The highest BCUT2D eigenvalue weighted by Gasteiger charge is 2.29. The molecule has 0 bridgehead atoms. The molecule has 0 heterocycles. The molecule has 4 nitrogen and oxygen atoms in total. The third kappa shape index (κ3) is 4.00. The molecule has 3 aromatic carbocycles. The molecule has 148 valence electrons. The van der Waals surface area contributed by atoms with Gasteiger partial charge in [0.1, 0.15) is 12.4 Å². The molecule has 5 heteroatoms. The van der Waals surface area contributed by atoms with Gasteiger partial charge in [0.25, 0.3) is 0 Å². The topological polar surface area (TPSA) is 58.6 Å². The molecule has 29 heavy (non-hydrogen) atoms. The van der Waals surface area contributed by atoms with Crippen LogP contribution < -0.4 is 5.32 Å². The summed E-state index contributed by atoms with van der Waals surface area (Å²) < 4.78 is 19.3. The molecular weight excluding hydrogens is 369 g/mol. The fraction of sp³-hybridized carbons (Fsp3) is 0.208. The lowest BCUT2D eigenvalue weighted by Gasteiger charge is -2.18. The number of aliphatic hydroxyl groups is 1. The lowest BCUT2D eigenvalue weighted by molar-refractivity contribution is 0.132. The Morgan fingerprint density at radius 2 is 1.55 bits per heavy atom. The van der Waals surface area contributed by atoms with Gasteiger partial charge in [0.15, 0.2) is 0 Å². The fourth-order valence-corrected chi connectivity index (χ4v) is 3.90. The van der Waals surface area contributed by atoms with Crippen molar-refractivity contribution >= 4 is 6.09 Å². The molecule has 0 aromatic heterocycles. The maximum atomic E-state index is 13.8. The van der Waals surface area contributed by atoms with Gasteiger partial charge < -0.3 is 15.2 Å². The second kappa shape index (κ2) is 8.45. The molecular formula is C24H22FNO3. The van der Waals surface area contributed by atoms with E-state index in [4.69, 9.17) is 4.74 Å². The van der Waals surface area contributed by atoms with Gasteiger partial charge in [-0.2, -0.15) is 0 Å². The first-order valence-electron chi connectivity index (χ1n) is 9.63. The van der Waals surface area contributed by atoms with Crippen LogP contribution in [-0.4, -0.2) is 30.5 Å². The van der Waals surface area contributed by atoms with Crippen LogP contribution in [0.2, 0.25) is 0 Å². The second-order valence-corrected chi connectivity index (χ2v) is 7.14. The Kier molecular flexibility index (Phi) is 5.58. The minimum atomic E-state index is -0.623. The summed E-state index contributed by atoms with van der Waals surface area (Å²) in [6.45, 7) is -0.115. The van der Waals surface area contributed by atoms with E-state index in [1.54, 1.807) is 18.2 Å². The van der Waals surface area contributed by atoms with Crippen LogP contribution in [0.5, 0.6) is 0 Å². The zero-order valence-corrected chi connectivity index (χ0v) is 15.8. The standard InChI is InChI=1S/C24H22FNO3/c25-23-12-6-1-7-16(23)13-17(14-27)26-24(28)29-15-22-20-10-4-2-8-18(20)19-9-3-5-11-21(19)22/h1-12,17,22,27H,13-15H2,(H,26,28)/t17-/m0/s1. The summed E-state index contributed by atoms with van der Waals surface area (Å²) in [5.74, 6) is -0.396. The number of rotatable bonds is 6. The highest BCUT2D eigenvalue weighted by molar-refractivity contribution is 5.79. The van der Waals surface area contributed by atoms with Crippen molar-refractivity contribution in [2.75, 3.05) is 13.2 Å². The highest BCUT2D eigenvalue weighted by Crippen LogP contribution is 2.44. The summed E-state index contributed by atoms with van der Waals surface area (Å²) in [5, 5.41) is 12.2. The fourth-order valence-electron chi connectivity index (χ4n) is 3.90. The number of ether oxygens (including phenoxy) is 1.